The second-order valence-corrected chi connectivity index (χ2v) is 8.12. The van der Waals surface area contributed by atoms with E-state index in [1.165, 1.54) is 20.9 Å². The number of amides is 1. The molecule has 0 aliphatic carbocycles. The van der Waals surface area contributed by atoms with Gasteiger partial charge in [-0.1, -0.05) is 42.0 Å². The first-order valence-electron chi connectivity index (χ1n) is 8.28. The van der Waals surface area contributed by atoms with E-state index >= 15 is 0 Å². The van der Waals surface area contributed by atoms with Crippen molar-refractivity contribution >= 4 is 34.7 Å². The molecule has 0 spiro atoms. The monoisotopic (exact) mass is 365 g/mol. The highest BCUT2D eigenvalue weighted by atomic mass is 32.2. The maximum Gasteiger partial charge on any atom is 0.225 e. The molecule has 0 saturated heterocycles. The summed E-state index contributed by atoms with van der Waals surface area (Å²) >= 11 is 3.48. The van der Waals surface area contributed by atoms with Gasteiger partial charge in [-0.25, -0.2) is 0 Å². The van der Waals surface area contributed by atoms with Crippen LogP contribution in [0.3, 0.4) is 0 Å². The van der Waals surface area contributed by atoms with Crippen molar-refractivity contribution in [2.24, 2.45) is 0 Å². The van der Waals surface area contributed by atoms with Gasteiger partial charge in [0.15, 0.2) is 0 Å². The second-order valence-electron chi connectivity index (χ2n) is 6.33. The van der Waals surface area contributed by atoms with Gasteiger partial charge in [-0.15, -0.1) is 23.1 Å². The quantitative estimate of drug-likeness (QED) is 0.584. The molecule has 3 aromatic rings. The number of rotatable bonds is 3. The van der Waals surface area contributed by atoms with Gasteiger partial charge < -0.3 is 5.32 Å². The van der Waals surface area contributed by atoms with Crippen LogP contribution in [0.5, 0.6) is 0 Å². The Kier molecular flexibility index (Phi) is 4.40. The smallest absolute Gasteiger partial charge is 0.225 e. The number of thioether (sulfide) groups is 1. The van der Waals surface area contributed by atoms with Crippen molar-refractivity contribution in [1.29, 1.82) is 0 Å². The molecule has 0 fully saturated rings. The van der Waals surface area contributed by atoms with Crippen molar-refractivity contribution in [2.45, 2.75) is 24.2 Å². The van der Waals surface area contributed by atoms with E-state index in [9.17, 15) is 4.79 Å². The summed E-state index contributed by atoms with van der Waals surface area (Å²) in [5.41, 5.74) is 5.72. The highest BCUT2D eigenvalue weighted by molar-refractivity contribution is 7.98. The largest absolute Gasteiger partial charge is 0.325 e. The maximum atomic E-state index is 12.4. The third-order valence-corrected chi connectivity index (χ3v) is 6.51. The lowest BCUT2D eigenvalue weighted by molar-refractivity contribution is -0.116. The Morgan fingerprint density at radius 1 is 1.08 bits per heavy atom. The molecule has 2 aromatic carbocycles. The molecule has 25 heavy (non-hydrogen) atoms. The minimum atomic E-state index is 0.0956. The highest BCUT2D eigenvalue weighted by Gasteiger charge is 2.30. The Labute approximate surface area is 156 Å². The molecule has 1 atom stereocenters. The van der Waals surface area contributed by atoms with Crippen LogP contribution in [0.25, 0.3) is 11.1 Å². The number of thiophene rings is 1. The van der Waals surface area contributed by atoms with E-state index in [4.69, 9.17) is 0 Å². The second kappa shape index (κ2) is 6.70. The fourth-order valence-electron chi connectivity index (χ4n) is 3.28. The van der Waals surface area contributed by atoms with Gasteiger partial charge in [0.2, 0.25) is 5.91 Å². The summed E-state index contributed by atoms with van der Waals surface area (Å²) in [6, 6.07) is 17.1. The Hall–Kier alpha value is -2.04. The van der Waals surface area contributed by atoms with Crippen LogP contribution in [0.15, 0.2) is 58.8 Å². The van der Waals surface area contributed by atoms with Gasteiger partial charge in [0.05, 0.1) is 5.69 Å². The normalized spacial score (nSPS) is 16.4. The molecular formula is C21H19NOS2. The SMILES string of the molecule is CSc1ccc([C@H]2CC(=O)Nc3c(-c4ccc(C)cc4)csc32)cc1. The number of hydrogen-bond donors (Lipinski definition) is 1. The molecular weight excluding hydrogens is 346 g/mol. The van der Waals surface area contributed by atoms with Crippen LogP contribution in [-0.4, -0.2) is 12.2 Å². The van der Waals surface area contributed by atoms with Gasteiger partial charge in [-0.05, 0) is 36.4 Å². The molecule has 2 nitrogen and oxygen atoms in total. The zero-order valence-corrected chi connectivity index (χ0v) is 15.8. The number of fused-ring (bicyclic) bond motifs is 1. The van der Waals surface area contributed by atoms with Crippen LogP contribution < -0.4 is 5.32 Å². The molecule has 1 aromatic heterocycles. The molecule has 0 radical (unpaired) electrons. The van der Waals surface area contributed by atoms with E-state index in [0.29, 0.717) is 6.42 Å². The predicted octanol–water partition coefficient (Wildman–Crippen LogP) is 5.92. The molecule has 0 unspecified atom stereocenters. The minimum Gasteiger partial charge on any atom is -0.325 e. The Morgan fingerprint density at radius 3 is 2.48 bits per heavy atom. The summed E-state index contributed by atoms with van der Waals surface area (Å²) in [5, 5.41) is 5.28. The van der Waals surface area contributed by atoms with Crippen LogP contribution in [0.1, 0.15) is 28.3 Å². The summed E-state index contributed by atoms with van der Waals surface area (Å²) in [6.07, 6.45) is 2.59. The van der Waals surface area contributed by atoms with Gasteiger partial charge in [0, 0.05) is 33.1 Å². The summed E-state index contributed by atoms with van der Waals surface area (Å²) in [5.74, 6) is 0.238. The first-order valence-corrected chi connectivity index (χ1v) is 10.4. The maximum absolute atomic E-state index is 12.4. The van der Waals surface area contributed by atoms with Gasteiger partial charge in [0.1, 0.15) is 0 Å². The van der Waals surface area contributed by atoms with Crippen molar-refractivity contribution in [3.8, 4) is 11.1 Å². The first kappa shape index (κ1) is 16.4. The number of aryl methyl sites for hydroxylation is 1. The average Bonchev–Trinajstić information content (AvgIpc) is 3.05. The lowest BCUT2D eigenvalue weighted by atomic mass is 9.89. The zero-order valence-electron chi connectivity index (χ0n) is 14.2. The molecule has 1 aliphatic rings. The van der Waals surface area contributed by atoms with E-state index in [1.54, 1.807) is 23.1 Å². The molecule has 1 aliphatic heterocycles. The Morgan fingerprint density at radius 2 is 1.80 bits per heavy atom. The molecule has 1 N–H and O–H groups in total. The lowest BCUT2D eigenvalue weighted by Gasteiger charge is -2.24. The average molecular weight is 366 g/mol. The van der Waals surface area contributed by atoms with Gasteiger partial charge in [-0.3, -0.25) is 4.79 Å². The van der Waals surface area contributed by atoms with Crippen molar-refractivity contribution in [3.05, 3.63) is 69.9 Å². The van der Waals surface area contributed by atoms with E-state index in [1.807, 2.05) is 0 Å². The molecule has 4 rings (SSSR count). The topological polar surface area (TPSA) is 29.1 Å². The zero-order chi connectivity index (χ0) is 17.4. The van der Waals surface area contributed by atoms with Gasteiger partial charge in [-0.2, -0.15) is 0 Å². The van der Waals surface area contributed by atoms with E-state index in [0.717, 1.165) is 16.8 Å². The van der Waals surface area contributed by atoms with E-state index in [-0.39, 0.29) is 11.8 Å². The lowest BCUT2D eigenvalue weighted by Crippen LogP contribution is -2.22. The van der Waals surface area contributed by atoms with Crippen LogP contribution in [-0.2, 0) is 4.79 Å². The molecule has 4 heteroatoms. The molecule has 1 amide bonds. The third-order valence-electron chi connectivity index (χ3n) is 4.67. The molecule has 0 saturated carbocycles. The van der Waals surface area contributed by atoms with Crippen molar-refractivity contribution in [3.63, 3.8) is 0 Å². The summed E-state index contributed by atoms with van der Waals surface area (Å²) in [4.78, 5) is 14.9. The van der Waals surface area contributed by atoms with Crippen molar-refractivity contribution in [2.75, 3.05) is 11.6 Å². The van der Waals surface area contributed by atoms with Crippen LogP contribution >= 0.6 is 23.1 Å². The van der Waals surface area contributed by atoms with E-state index in [2.05, 4.69) is 72.4 Å². The summed E-state index contributed by atoms with van der Waals surface area (Å²) < 4.78 is 0. The van der Waals surface area contributed by atoms with Crippen LogP contribution in [0.2, 0.25) is 0 Å². The number of carbonyl (C=O) groups excluding carboxylic acids is 1. The Balaban J connectivity index is 1.76. The third kappa shape index (κ3) is 3.12. The number of anilines is 1. The van der Waals surface area contributed by atoms with E-state index < -0.39 is 0 Å². The van der Waals surface area contributed by atoms with Gasteiger partial charge >= 0.3 is 0 Å². The van der Waals surface area contributed by atoms with Crippen LogP contribution in [0, 0.1) is 6.92 Å². The molecule has 2 heterocycles. The first-order chi connectivity index (χ1) is 12.2. The number of carbonyl (C=O) groups is 1. The standard InChI is InChI=1S/C21H19NOS2/c1-13-3-5-15(6-4-13)18-12-25-21-17(11-19(23)22-20(18)21)14-7-9-16(24-2)10-8-14/h3-10,12,17H,11H2,1-2H3,(H,22,23)/t17-/m1/s1. The van der Waals surface area contributed by atoms with Crippen molar-refractivity contribution < 1.29 is 4.79 Å². The number of hydrogen-bond acceptors (Lipinski definition) is 3. The summed E-state index contributed by atoms with van der Waals surface area (Å²) in [7, 11) is 0. The minimum absolute atomic E-state index is 0.0956. The fourth-order valence-corrected chi connectivity index (χ4v) is 4.85. The molecule has 126 valence electrons. The predicted molar refractivity (Wildman–Crippen MR) is 108 cm³/mol. The fraction of sp³-hybridized carbons (Fsp3) is 0.190. The number of benzene rings is 2. The summed E-state index contributed by atoms with van der Waals surface area (Å²) in [6.45, 7) is 2.09. The van der Waals surface area contributed by atoms with Crippen LogP contribution in [0.4, 0.5) is 5.69 Å². The van der Waals surface area contributed by atoms with Gasteiger partial charge in [0.25, 0.3) is 0 Å². The number of nitrogens with one attached hydrogen (secondary N) is 1. The highest BCUT2D eigenvalue weighted by Crippen LogP contribution is 2.46. The van der Waals surface area contributed by atoms with Crippen molar-refractivity contribution in [1.82, 2.24) is 0 Å². The Bertz CT molecular complexity index is 910. The molecule has 0 bridgehead atoms.